The molecule has 37 heavy (non-hydrogen) atoms. The van der Waals surface area contributed by atoms with Gasteiger partial charge < -0.3 is 19.9 Å². The molecule has 2 heterocycles. The molecule has 0 atom stereocenters. The van der Waals surface area contributed by atoms with Gasteiger partial charge in [-0.05, 0) is 53.6 Å². The van der Waals surface area contributed by atoms with Gasteiger partial charge in [0.1, 0.15) is 17.9 Å². The number of allylic oxidation sites excluding steroid dienone is 1. The normalized spacial score (nSPS) is 15.0. The predicted octanol–water partition coefficient (Wildman–Crippen LogP) is 5.05. The lowest BCUT2D eigenvalue weighted by molar-refractivity contribution is -0.274. The maximum atomic E-state index is 12.4. The summed E-state index contributed by atoms with van der Waals surface area (Å²) in [5.41, 5.74) is 5.46. The van der Waals surface area contributed by atoms with Crippen LogP contribution in [0.25, 0.3) is 11.6 Å². The fourth-order valence-electron chi connectivity index (χ4n) is 4.49. The molecule has 5 rings (SSSR count). The predicted molar refractivity (Wildman–Crippen MR) is 134 cm³/mol. The number of anilines is 2. The molecule has 10 heteroatoms. The number of nitriles is 1. The molecule has 0 radical (unpaired) electrons. The summed E-state index contributed by atoms with van der Waals surface area (Å²) in [4.78, 5) is 13.4. The van der Waals surface area contributed by atoms with E-state index >= 15 is 0 Å². The molecule has 1 saturated heterocycles. The van der Waals surface area contributed by atoms with Gasteiger partial charge in [-0.3, -0.25) is 0 Å². The first-order valence-electron chi connectivity index (χ1n) is 11.7. The molecule has 1 fully saturated rings. The zero-order valence-electron chi connectivity index (χ0n) is 19.8. The molecule has 2 aliphatic rings. The number of rotatable bonds is 6. The third-order valence-corrected chi connectivity index (χ3v) is 6.34. The van der Waals surface area contributed by atoms with Crippen LogP contribution in [-0.4, -0.2) is 47.4 Å². The summed E-state index contributed by atoms with van der Waals surface area (Å²) in [5.74, 6) is 1.29. The third-order valence-electron chi connectivity index (χ3n) is 6.34. The first-order chi connectivity index (χ1) is 17.8. The molecule has 0 spiro atoms. The van der Waals surface area contributed by atoms with Crippen molar-refractivity contribution in [1.82, 2.24) is 14.9 Å². The Bertz CT molecular complexity index is 1370. The Morgan fingerprint density at radius 3 is 2.35 bits per heavy atom. The Morgan fingerprint density at radius 2 is 1.70 bits per heavy atom. The summed E-state index contributed by atoms with van der Waals surface area (Å²) in [6.45, 7) is 6.95. The van der Waals surface area contributed by atoms with Crippen molar-refractivity contribution in [3.8, 4) is 11.8 Å². The molecule has 1 aromatic heterocycles. The van der Waals surface area contributed by atoms with Gasteiger partial charge in [-0.1, -0.05) is 18.7 Å². The molecule has 188 valence electrons. The molecule has 0 saturated carbocycles. The minimum Gasteiger partial charge on any atom is -0.406 e. The second-order valence-electron chi connectivity index (χ2n) is 8.71. The van der Waals surface area contributed by atoms with E-state index in [0.717, 1.165) is 41.3 Å². The summed E-state index contributed by atoms with van der Waals surface area (Å²) in [7, 11) is 0. The maximum absolute atomic E-state index is 12.4. The monoisotopic (exact) mass is 504 g/mol. The minimum absolute atomic E-state index is 0.272. The molecule has 0 amide bonds. The zero-order valence-corrected chi connectivity index (χ0v) is 19.8. The van der Waals surface area contributed by atoms with Gasteiger partial charge in [0, 0.05) is 43.9 Å². The smallest absolute Gasteiger partial charge is 0.406 e. The second-order valence-corrected chi connectivity index (χ2v) is 8.71. The van der Waals surface area contributed by atoms with Crippen LogP contribution in [-0.2, 0) is 6.42 Å². The fraction of sp³-hybridized carbons (Fsp3) is 0.222. The summed E-state index contributed by atoms with van der Waals surface area (Å²) in [6.07, 6.45) is -0.277. The fourth-order valence-corrected chi connectivity index (χ4v) is 4.49. The van der Waals surface area contributed by atoms with Gasteiger partial charge in [-0.25, -0.2) is 9.97 Å². The van der Waals surface area contributed by atoms with Gasteiger partial charge in [0.2, 0.25) is 0 Å². The van der Waals surface area contributed by atoms with Crippen LogP contribution in [0, 0.1) is 11.3 Å². The molecule has 2 aromatic carbocycles. The maximum Gasteiger partial charge on any atom is 0.573 e. The molecule has 1 aliphatic heterocycles. The van der Waals surface area contributed by atoms with Crippen molar-refractivity contribution >= 4 is 23.2 Å². The van der Waals surface area contributed by atoms with Crippen molar-refractivity contribution in [3.63, 3.8) is 0 Å². The lowest BCUT2D eigenvalue weighted by Gasteiger charge is -2.38. The molecule has 0 unspecified atom stereocenters. The second kappa shape index (κ2) is 9.85. The van der Waals surface area contributed by atoms with E-state index in [0.29, 0.717) is 36.6 Å². The van der Waals surface area contributed by atoms with E-state index in [1.807, 2.05) is 24.3 Å². The van der Waals surface area contributed by atoms with Crippen LogP contribution in [0.5, 0.6) is 5.75 Å². The molecule has 0 bridgehead atoms. The van der Waals surface area contributed by atoms with Crippen molar-refractivity contribution < 1.29 is 17.9 Å². The quantitative estimate of drug-likeness (QED) is 0.504. The van der Waals surface area contributed by atoms with Crippen LogP contribution >= 0.6 is 0 Å². The van der Waals surface area contributed by atoms with Crippen LogP contribution in [0.15, 0.2) is 67.3 Å². The van der Waals surface area contributed by atoms with Crippen molar-refractivity contribution in [1.29, 1.82) is 5.26 Å². The number of alkyl halides is 3. The number of nitrogens with one attached hydrogen (secondary N) is 1. The van der Waals surface area contributed by atoms with E-state index in [1.165, 1.54) is 24.3 Å². The topological polar surface area (TPSA) is 77.3 Å². The van der Waals surface area contributed by atoms with Gasteiger partial charge >= 0.3 is 6.36 Å². The Hall–Kier alpha value is -4.52. The van der Waals surface area contributed by atoms with Crippen LogP contribution in [0.3, 0.4) is 0 Å². The highest BCUT2D eigenvalue weighted by Crippen LogP contribution is 2.35. The van der Waals surface area contributed by atoms with E-state index < -0.39 is 6.36 Å². The number of piperazine rings is 1. The first kappa shape index (κ1) is 24.2. The standard InChI is InChI=1S/C27H23F3N6O/c1-18(34-22-6-8-23(9-7-22)37-27(28,29)30)35-10-12-36(13-11-35)26-24-14-21(15-25(24)32-17-33-26)20-4-2-19(16-31)3-5-20/h2-9,14,17,34H,1,10-13,15H2. The molecule has 1 aliphatic carbocycles. The van der Waals surface area contributed by atoms with E-state index in [4.69, 9.17) is 5.26 Å². The number of hydrogen-bond donors (Lipinski definition) is 1. The van der Waals surface area contributed by atoms with E-state index in [9.17, 15) is 13.2 Å². The number of halogens is 3. The summed E-state index contributed by atoms with van der Waals surface area (Å²) < 4.78 is 41.0. The molecule has 3 aromatic rings. The number of hydrogen-bond acceptors (Lipinski definition) is 7. The highest BCUT2D eigenvalue weighted by molar-refractivity contribution is 5.91. The molecule has 1 N–H and O–H groups in total. The van der Waals surface area contributed by atoms with Crippen molar-refractivity contribution in [2.24, 2.45) is 0 Å². The average molecular weight is 505 g/mol. The third kappa shape index (κ3) is 5.51. The number of ether oxygens (including phenoxy) is 1. The average Bonchev–Trinajstić information content (AvgIpc) is 3.34. The number of aromatic nitrogens is 2. The summed E-state index contributed by atoms with van der Waals surface area (Å²) in [5, 5.41) is 12.2. The van der Waals surface area contributed by atoms with Gasteiger partial charge in [-0.2, -0.15) is 5.26 Å². The van der Waals surface area contributed by atoms with E-state index in [2.05, 4.69) is 48.5 Å². The van der Waals surface area contributed by atoms with Crippen LogP contribution in [0.1, 0.15) is 22.4 Å². The number of fused-ring (bicyclic) bond motifs is 1. The Balaban J connectivity index is 1.21. The van der Waals surface area contributed by atoms with Gasteiger partial charge in [0.25, 0.3) is 0 Å². The van der Waals surface area contributed by atoms with Gasteiger partial charge in [0.05, 0.1) is 23.1 Å². The SMILES string of the molecule is C=C(Nc1ccc(OC(F)(F)F)cc1)N1CCN(c2ncnc3c2C=C(c2ccc(C#N)cc2)C3)CC1. The largest absolute Gasteiger partial charge is 0.573 e. The first-order valence-corrected chi connectivity index (χ1v) is 11.7. The van der Waals surface area contributed by atoms with Crippen molar-refractivity contribution in [2.75, 3.05) is 36.4 Å². The Morgan fingerprint density at radius 1 is 1.00 bits per heavy atom. The lowest BCUT2D eigenvalue weighted by Crippen LogP contribution is -2.47. The Labute approximate surface area is 212 Å². The zero-order chi connectivity index (χ0) is 26.0. The molecule has 7 nitrogen and oxygen atoms in total. The molecular weight excluding hydrogens is 481 g/mol. The Kier molecular flexibility index (Phi) is 6.44. The summed E-state index contributed by atoms with van der Waals surface area (Å²) >= 11 is 0. The van der Waals surface area contributed by atoms with E-state index in [1.54, 1.807) is 6.33 Å². The summed E-state index contributed by atoms with van der Waals surface area (Å²) in [6, 6.07) is 15.2. The van der Waals surface area contributed by atoms with Crippen LogP contribution in [0.4, 0.5) is 24.7 Å². The van der Waals surface area contributed by atoms with Gasteiger partial charge in [0.15, 0.2) is 0 Å². The van der Waals surface area contributed by atoms with Crippen molar-refractivity contribution in [2.45, 2.75) is 12.8 Å². The number of benzene rings is 2. The van der Waals surface area contributed by atoms with Crippen molar-refractivity contribution in [3.05, 3.63) is 89.6 Å². The number of nitrogens with zero attached hydrogens (tertiary/aromatic N) is 5. The highest BCUT2D eigenvalue weighted by atomic mass is 19.4. The van der Waals surface area contributed by atoms with Gasteiger partial charge in [-0.15, -0.1) is 13.2 Å². The highest BCUT2D eigenvalue weighted by Gasteiger charge is 2.31. The van der Waals surface area contributed by atoms with Crippen LogP contribution < -0.4 is 15.0 Å². The van der Waals surface area contributed by atoms with E-state index in [-0.39, 0.29) is 5.75 Å². The lowest BCUT2D eigenvalue weighted by atomic mass is 10.0. The van der Waals surface area contributed by atoms with Crippen LogP contribution in [0.2, 0.25) is 0 Å². The minimum atomic E-state index is -4.72. The molecular formula is C27H23F3N6O.